The minimum absolute atomic E-state index is 0.256. The summed E-state index contributed by atoms with van der Waals surface area (Å²) in [4.78, 5) is 20.6. The van der Waals surface area contributed by atoms with Gasteiger partial charge in [0.1, 0.15) is 36.4 Å². The molecule has 1 aromatic carbocycles. The van der Waals surface area contributed by atoms with Gasteiger partial charge in [-0.2, -0.15) is 0 Å². The summed E-state index contributed by atoms with van der Waals surface area (Å²) in [6.45, 7) is -0.402. The Kier molecular flexibility index (Phi) is 4.58. The fourth-order valence-electron chi connectivity index (χ4n) is 3.13. The third-order valence-electron chi connectivity index (χ3n) is 4.55. The maximum absolute atomic E-state index is 12.4. The SMILES string of the molecule is O=C(Nc1ncnc2cc([C@@H]3O[C@H](CO)[C@@H](O)[C@H]3O)cn12)c1ccccc1. The molecule has 0 unspecified atom stereocenters. The van der Waals surface area contributed by atoms with Crippen LogP contribution in [0.4, 0.5) is 5.95 Å². The first kappa shape index (κ1) is 17.6. The van der Waals surface area contributed by atoms with Crippen LogP contribution in [-0.4, -0.2) is 60.5 Å². The molecule has 4 rings (SSSR count). The second-order valence-corrected chi connectivity index (χ2v) is 6.28. The van der Waals surface area contributed by atoms with Crippen LogP contribution in [0.2, 0.25) is 0 Å². The number of aromatic nitrogens is 3. The normalized spacial score (nSPS) is 25.0. The highest BCUT2D eigenvalue weighted by molar-refractivity contribution is 6.03. The highest BCUT2D eigenvalue weighted by Gasteiger charge is 2.43. The Morgan fingerprint density at radius 2 is 1.96 bits per heavy atom. The van der Waals surface area contributed by atoms with Crippen LogP contribution in [0.15, 0.2) is 48.9 Å². The smallest absolute Gasteiger partial charge is 0.257 e. The summed E-state index contributed by atoms with van der Waals surface area (Å²) in [5.74, 6) is -0.0642. The van der Waals surface area contributed by atoms with E-state index < -0.39 is 31.0 Å². The number of amides is 1. The zero-order chi connectivity index (χ0) is 19.0. The molecule has 9 heteroatoms. The fraction of sp³-hybridized carbons (Fsp3) is 0.278. The van der Waals surface area contributed by atoms with Crippen LogP contribution in [0.5, 0.6) is 0 Å². The molecule has 1 fully saturated rings. The largest absolute Gasteiger partial charge is 0.394 e. The number of nitrogens with zero attached hydrogens (tertiary/aromatic N) is 3. The molecule has 1 saturated heterocycles. The second-order valence-electron chi connectivity index (χ2n) is 6.28. The lowest BCUT2D eigenvalue weighted by Crippen LogP contribution is -2.32. The summed E-state index contributed by atoms with van der Waals surface area (Å²) in [5, 5.41) is 32.1. The van der Waals surface area contributed by atoms with E-state index in [2.05, 4.69) is 15.3 Å². The summed E-state index contributed by atoms with van der Waals surface area (Å²) in [6, 6.07) is 10.4. The molecule has 140 valence electrons. The van der Waals surface area contributed by atoms with E-state index in [1.807, 2.05) is 6.07 Å². The first-order valence-electron chi connectivity index (χ1n) is 8.40. The van der Waals surface area contributed by atoms with Gasteiger partial charge in [-0.15, -0.1) is 0 Å². The van der Waals surface area contributed by atoms with Crippen LogP contribution in [0.1, 0.15) is 22.0 Å². The van der Waals surface area contributed by atoms with Gasteiger partial charge < -0.3 is 20.1 Å². The van der Waals surface area contributed by atoms with E-state index in [0.717, 1.165) is 0 Å². The molecule has 9 nitrogen and oxygen atoms in total. The van der Waals surface area contributed by atoms with Gasteiger partial charge in [0.15, 0.2) is 0 Å². The van der Waals surface area contributed by atoms with Gasteiger partial charge in [0, 0.05) is 17.3 Å². The molecule has 2 aromatic heterocycles. The molecule has 1 amide bonds. The Hall–Kier alpha value is -2.85. The zero-order valence-corrected chi connectivity index (χ0v) is 14.1. The number of carbonyl (C=O) groups excluding carboxylic acids is 1. The quantitative estimate of drug-likeness (QED) is 0.514. The molecule has 1 aliphatic heterocycles. The highest BCUT2D eigenvalue weighted by atomic mass is 16.6. The highest BCUT2D eigenvalue weighted by Crippen LogP contribution is 2.34. The number of anilines is 1. The Bertz CT molecular complexity index is 961. The van der Waals surface area contributed by atoms with Gasteiger partial charge in [-0.25, -0.2) is 9.97 Å². The Balaban J connectivity index is 1.64. The molecule has 1 aliphatic rings. The van der Waals surface area contributed by atoms with Crippen molar-refractivity contribution in [2.45, 2.75) is 24.4 Å². The van der Waals surface area contributed by atoms with E-state index in [-0.39, 0.29) is 11.9 Å². The lowest BCUT2D eigenvalue weighted by Gasteiger charge is -2.12. The third-order valence-corrected chi connectivity index (χ3v) is 4.55. The van der Waals surface area contributed by atoms with Gasteiger partial charge in [0.25, 0.3) is 5.91 Å². The molecular weight excluding hydrogens is 352 g/mol. The number of fused-ring (bicyclic) bond motifs is 1. The molecule has 4 atom stereocenters. The van der Waals surface area contributed by atoms with E-state index in [0.29, 0.717) is 16.8 Å². The van der Waals surface area contributed by atoms with Crippen LogP contribution in [-0.2, 0) is 4.74 Å². The number of carbonyl (C=O) groups is 1. The first-order valence-corrected chi connectivity index (χ1v) is 8.40. The number of benzene rings is 1. The molecular formula is C18H18N4O5. The van der Waals surface area contributed by atoms with Gasteiger partial charge in [0.2, 0.25) is 5.95 Å². The molecule has 0 radical (unpaired) electrons. The lowest BCUT2D eigenvalue weighted by atomic mass is 10.0. The van der Waals surface area contributed by atoms with Gasteiger partial charge >= 0.3 is 0 Å². The van der Waals surface area contributed by atoms with Gasteiger partial charge in [-0.1, -0.05) is 18.2 Å². The standard InChI is InChI=1S/C18H18N4O5/c23-8-12-14(24)15(25)16(27-12)11-6-13-19-9-20-18(22(13)7-11)21-17(26)10-4-2-1-3-5-10/h1-7,9,12,14-16,23-25H,8H2,(H,19,20,21,26)/t12-,14-,15-,16+/m1/s1. The fourth-order valence-corrected chi connectivity index (χ4v) is 3.13. The predicted molar refractivity (Wildman–Crippen MR) is 94.1 cm³/mol. The molecule has 0 saturated carbocycles. The number of hydrogen-bond donors (Lipinski definition) is 4. The van der Waals surface area contributed by atoms with Crippen LogP contribution < -0.4 is 5.32 Å². The number of aliphatic hydroxyl groups is 3. The summed E-state index contributed by atoms with van der Waals surface area (Å²) >= 11 is 0. The van der Waals surface area contributed by atoms with Crippen molar-refractivity contribution in [1.29, 1.82) is 0 Å². The first-order chi connectivity index (χ1) is 13.1. The topological polar surface area (TPSA) is 129 Å². The summed E-state index contributed by atoms with van der Waals surface area (Å²) < 4.78 is 7.10. The number of aliphatic hydroxyl groups excluding tert-OH is 3. The number of ether oxygens (including phenoxy) is 1. The minimum atomic E-state index is -1.19. The van der Waals surface area contributed by atoms with Crippen molar-refractivity contribution in [1.82, 2.24) is 14.4 Å². The number of rotatable bonds is 4. The van der Waals surface area contributed by atoms with Crippen molar-refractivity contribution in [3.8, 4) is 0 Å². The van der Waals surface area contributed by atoms with Crippen molar-refractivity contribution >= 4 is 17.5 Å². The molecule has 0 aliphatic carbocycles. The second kappa shape index (κ2) is 7.05. The molecule has 3 aromatic rings. The van der Waals surface area contributed by atoms with Crippen molar-refractivity contribution in [3.63, 3.8) is 0 Å². The summed E-state index contributed by atoms with van der Waals surface area (Å²) in [6.07, 6.45) is -1.12. The van der Waals surface area contributed by atoms with E-state index >= 15 is 0 Å². The number of nitrogens with one attached hydrogen (secondary N) is 1. The Morgan fingerprint density at radius 3 is 2.67 bits per heavy atom. The molecule has 3 heterocycles. The maximum atomic E-state index is 12.4. The van der Waals surface area contributed by atoms with Crippen LogP contribution in [0.25, 0.3) is 5.65 Å². The molecule has 4 N–H and O–H groups in total. The van der Waals surface area contributed by atoms with Crippen molar-refractivity contribution < 1.29 is 24.9 Å². The van der Waals surface area contributed by atoms with E-state index in [1.165, 1.54) is 6.33 Å². The minimum Gasteiger partial charge on any atom is -0.394 e. The monoisotopic (exact) mass is 370 g/mol. The summed E-state index contributed by atoms with van der Waals surface area (Å²) in [7, 11) is 0. The van der Waals surface area contributed by atoms with Gasteiger partial charge in [-0.3, -0.25) is 14.5 Å². The molecule has 0 bridgehead atoms. The van der Waals surface area contributed by atoms with Crippen LogP contribution >= 0.6 is 0 Å². The third kappa shape index (κ3) is 3.17. The molecule has 27 heavy (non-hydrogen) atoms. The number of hydrogen-bond acceptors (Lipinski definition) is 7. The zero-order valence-electron chi connectivity index (χ0n) is 14.1. The van der Waals surface area contributed by atoms with Crippen molar-refractivity contribution in [3.05, 3.63) is 60.0 Å². The Labute approximate surface area is 153 Å². The summed E-state index contributed by atoms with van der Waals surface area (Å²) in [5.41, 5.74) is 1.52. The lowest BCUT2D eigenvalue weighted by molar-refractivity contribution is -0.0227. The van der Waals surface area contributed by atoms with Gasteiger partial charge in [0.05, 0.1) is 6.61 Å². The van der Waals surface area contributed by atoms with Gasteiger partial charge in [-0.05, 0) is 18.2 Å². The average Bonchev–Trinajstić information content (AvgIpc) is 3.25. The van der Waals surface area contributed by atoms with E-state index in [1.54, 1.807) is 40.9 Å². The van der Waals surface area contributed by atoms with Crippen molar-refractivity contribution in [2.75, 3.05) is 11.9 Å². The molecule has 0 spiro atoms. The van der Waals surface area contributed by atoms with E-state index in [4.69, 9.17) is 4.74 Å². The van der Waals surface area contributed by atoms with Crippen LogP contribution in [0, 0.1) is 0 Å². The maximum Gasteiger partial charge on any atom is 0.257 e. The average molecular weight is 370 g/mol. The Morgan fingerprint density at radius 1 is 1.19 bits per heavy atom. The van der Waals surface area contributed by atoms with Crippen LogP contribution in [0.3, 0.4) is 0 Å². The predicted octanol–water partition coefficient (Wildman–Crippen LogP) is 0.136. The van der Waals surface area contributed by atoms with Crippen molar-refractivity contribution in [2.24, 2.45) is 0 Å². The van der Waals surface area contributed by atoms with E-state index in [9.17, 15) is 20.1 Å².